The van der Waals surface area contributed by atoms with E-state index in [9.17, 15) is 8.78 Å². The Morgan fingerprint density at radius 3 is 2.67 bits per heavy atom. The normalized spacial score (nSPS) is 11.1. The van der Waals surface area contributed by atoms with Crippen LogP contribution in [0.4, 0.5) is 8.78 Å². The molecular weight excluding hydrogens is 302 g/mol. The minimum Gasteiger partial charge on any atom is -0.338 e. The third kappa shape index (κ3) is 1.80. The quantitative estimate of drug-likeness (QED) is 0.668. The van der Waals surface area contributed by atoms with Crippen molar-refractivity contribution < 1.29 is 8.78 Å². The number of benzene rings is 2. The van der Waals surface area contributed by atoms with Crippen LogP contribution in [-0.2, 0) is 0 Å². The number of para-hydroxylation sites is 2. The predicted molar refractivity (Wildman–Crippen MR) is 69.1 cm³/mol. The number of halogens is 3. The van der Waals surface area contributed by atoms with E-state index in [1.807, 2.05) is 24.3 Å². The van der Waals surface area contributed by atoms with Crippen LogP contribution in [0, 0.1) is 11.6 Å². The van der Waals surface area contributed by atoms with Crippen LogP contribution in [-0.4, -0.2) is 9.97 Å². The summed E-state index contributed by atoms with van der Waals surface area (Å²) in [6, 6.07) is 9.48. The zero-order valence-corrected chi connectivity index (χ0v) is 10.6. The molecular formula is C13H7BrF2N2. The van der Waals surface area contributed by atoms with Gasteiger partial charge < -0.3 is 4.98 Å². The fourth-order valence-electron chi connectivity index (χ4n) is 1.81. The van der Waals surface area contributed by atoms with Gasteiger partial charge in [0.1, 0.15) is 17.5 Å². The summed E-state index contributed by atoms with van der Waals surface area (Å²) in [5, 5.41) is 0. The summed E-state index contributed by atoms with van der Waals surface area (Å²) in [4.78, 5) is 7.34. The molecule has 1 aromatic heterocycles. The fourth-order valence-corrected chi connectivity index (χ4v) is 2.23. The van der Waals surface area contributed by atoms with Crippen molar-refractivity contribution >= 4 is 27.0 Å². The van der Waals surface area contributed by atoms with E-state index in [-0.39, 0.29) is 4.47 Å². The summed E-state index contributed by atoms with van der Waals surface area (Å²) in [5.41, 5.74) is 1.94. The fraction of sp³-hybridized carbons (Fsp3) is 0. The van der Waals surface area contributed by atoms with E-state index in [2.05, 4.69) is 25.9 Å². The van der Waals surface area contributed by atoms with Crippen molar-refractivity contribution in [3.05, 3.63) is 52.5 Å². The Hall–Kier alpha value is -1.75. The Morgan fingerprint density at radius 1 is 1.11 bits per heavy atom. The molecule has 3 rings (SSSR count). The van der Waals surface area contributed by atoms with Crippen LogP contribution in [0.25, 0.3) is 22.4 Å². The van der Waals surface area contributed by atoms with Gasteiger partial charge in [-0.15, -0.1) is 0 Å². The van der Waals surface area contributed by atoms with Gasteiger partial charge in [-0.2, -0.15) is 0 Å². The number of rotatable bonds is 1. The molecule has 2 nitrogen and oxygen atoms in total. The van der Waals surface area contributed by atoms with Crippen molar-refractivity contribution in [1.29, 1.82) is 0 Å². The van der Waals surface area contributed by atoms with Crippen LogP contribution in [0.5, 0.6) is 0 Å². The summed E-state index contributed by atoms with van der Waals surface area (Å²) in [7, 11) is 0. The molecule has 0 radical (unpaired) electrons. The molecule has 18 heavy (non-hydrogen) atoms. The zero-order chi connectivity index (χ0) is 12.7. The zero-order valence-electron chi connectivity index (χ0n) is 9.05. The highest BCUT2D eigenvalue weighted by Gasteiger charge is 2.13. The highest BCUT2D eigenvalue weighted by Crippen LogP contribution is 2.30. The van der Waals surface area contributed by atoms with Crippen LogP contribution in [0.1, 0.15) is 0 Å². The van der Waals surface area contributed by atoms with E-state index >= 15 is 0 Å². The topological polar surface area (TPSA) is 28.7 Å². The first kappa shape index (κ1) is 11.3. The Labute approximate surface area is 110 Å². The lowest BCUT2D eigenvalue weighted by Crippen LogP contribution is -1.89. The molecule has 0 aliphatic carbocycles. The van der Waals surface area contributed by atoms with Gasteiger partial charge in [0.2, 0.25) is 0 Å². The van der Waals surface area contributed by atoms with Crippen molar-refractivity contribution in [3.63, 3.8) is 0 Å². The van der Waals surface area contributed by atoms with E-state index in [1.165, 1.54) is 6.07 Å². The average Bonchev–Trinajstić information content (AvgIpc) is 2.77. The lowest BCUT2D eigenvalue weighted by atomic mass is 10.2. The van der Waals surface area contributed by atoms with Crippen molar-refractivity contribution in [2.75, 3.05) is 0 Å². The van der Waals surface area contributed by atoms with E-state index in [0.29, 0.717) is 11.4 Å². The van der Waals surface area contributed by atoms with Crippen LogP contribution >= 0.6 is 15.9 Å². The van der Waals surface area contributed by atoms with E-state index in [0.717, 1.165) is 17.1 Å². The molecule has 0 amide bonds. The van der Waals surface area contributed by atoms with Crippen molar-refractivity contribution in [2.45, 2.75) is 0 Å². The molecule has 5 heteroatoms. The number of aromatic amines is 1. The van der Waals surface area contributed by atoms with Crippen LogP contribution < -0.4 is 0 Å². The molecule has 1 heterocycles. The first-order chi connectivity index (χ1) is 8.65. The summed E-state index contributed by atoms with van der Waals surface area (Å²) >= 11 is 3.11. The summed E-state index contributed by atoms with van der Waals surface area (Å²) < 4.78 is 26.9. The lowest BCUT2D eigenvalue weighted by molar-refractivity contribution is 0.579. The number of hydrogen-bond donors (Lipinski definition) is 1. The van der Waals surface area contributed by atoms with E-state index in [1.54, 1.807) is 0 Å². The number of fused-ring (bicyclic) bond motifs is 1. The van der Waals surface area contributed by atoms with E-state index in [4.69, 9.17) is 0 Å². The number of imidazole rings is 1. The predicted octanol–water partition coefficient (Wildman–Crippen LogP) is 4.27. The molecule has 0 aliphatic heterocycles. The van der Waals surface area contributed by atoms with Gasteiger partial charge in [0.25, 0.3) is 0 Å². The van der Waals surface area contributed by atoms with Gasteiger partial charge in [0.15, 0.2) is 0 Å². The molecule has 90 valence electrons. The number of nitrogens with one attached hydrogen (secondary N) is 1. The minimum absolute atomic E-state index is 0.197. The van der Waals surface area contributed by atoms with Gasteiger partial charge in [0, 0.05) is 11.6 Å². The van der Waals surface area contributed by atoms with Gasteiger partial charge in [-0.05, 0) is 34.1 Å². The summed E-state index contributed by atoms with van der Waals surface area (Å²) in [6.45, 7) is 0. The Morgan fingerprint density at radius 2 is 1.89 bits per heavy atom. The first-order valence-electron chi connectivity index (χ1n) is 5.25. The van der Waals surface area contributed by atoms with Gasteiger partial charge in [-0.3, -0.25) is 0 Å². The molecule has 2 aromatic carbocycles. The Balaban J connectivity index is 2.26. The van der Waals surface area contributed by atoms with Gasteiger partial charge in [-0.1, -0.05) is 12.1 Å². The first-order valence-corrected chi connectivity index (χ1v) is 6.04. The molecule has 0 spiro atoms. The van der Waals surface area contributed by atoms with E-state index < -0.39 is 11.6 Å². The molecule has 0 atom stereocenters. The highest BCUT2D eigenvalue weighted by molar-refractivity contribution is 9.10. The molecule has 1 N–H and O–H groups in total. The van der Waals surface area contributed by atoms with Crippen molar-refractivity contribution in [1.82, 2.24) is 9.97 Å². The molecule has 0 unspecified atom stereocenters. The summed E-state index contributed by atoms with van der Waals surface area (Å²) in [6.07, 6.45) is 0. The second kappa shape index (κ2) is 4.17. The number of aromatic nitrogens is 2. The standard InChI is InChI=1S/C13H7BrF2N2/c14-12-8(5-7(15)6-9(12)16)13-17-10-3-1-2-4-11(10)18-13/h1-6H,(H,17,18). The maximum atomic E-state index is 13.5. The molecule has 0 saturated heterocycles. The third-order valence-electron chi connectivity index (χ3n) is 2.64. The molecule has 0 saturated carbocycles. The summed E-state index contributed by atoms with van der Waals surface area (Å²) in [5.74, 6) is -0.849. The highest BCUT2D eigenvalue weighted by atomic mass is 79.9. The molecule has 3 aromatic rings. The van der Waals surface area contributed by atoms with Crippen LogP contribution in [0.15, 0.2) is 40.9 Å². The third-order valence-corrected chi connectivity index (χ3v) is 3.44. The van der Waals surface area contributed by atoms with Crippen LogP contribution in [0.3, 0.4) is 0 Å². The largest absolute Gasteiger partial charge is 0.338 e. The van der Waals surface area contributed by atoms with Gasteiger partial charge >= 0.3 is 0 Å². The average molecular weight is 309 g/mol. The second-order valence-electron chi connectivity index (χ2n) is 3.85. The molecule has 0 bridgehead atoms. The maximum Gasteiger partial charge on any atom is 0.141 e. The Bertz CT molecular complexity index is 704. The monoisotopic (exact) mass is 308 g/mol. The molecule has 0 fully saturated rings. The molecule has 0 aliphatic rings. The Kier molecular flexibility index (Phi) is 2.63. The van der Waals surface area contributed by atoms with Crippen LogP contribution in [0.2, 0.25) is 0 Å². The van der Waals surface area contributed by atoms with Crippen molar-refractivity contribution in [3.8, 4) is 11.4 Å². The smallest absolute Gasteiger partial charge is 0.141 e. The van der Waals surface area contributed by atoms with Crippen molar-refractivity contribution in [2.24, 2.45) is 0 Å². The number of H-pyrrole nitrogens is 1. The van der Waals surface area contributed by atoms with Gasteiger partial charge in [-0.25, -0.2) is 13.8 Å². The van der Waals surface area contributed by atoms with Gasteiger partial charge in [0.05, 0.1) is 15.5 Å². The number of hydrogen-bond acceptors (Lipinski definition) is 1. The minimum atomic E-state index is -0.648. The number of nitrogens with zero attached hydrogens (tertiary/aromatic N) is 1. The SMILES string of the molecule is Fc1cc(F)c(Br)c(-c2nc3ccccc3[nH]2)c1. The maximum absolute atomic E-state index is 13.5. The second-order valence-corrected chi connectivity index (χ2v) is 4.64. The lowest BCUT2D eigenvalue weighted by Gasteiger charge is -2.02.